The van der Waals surface area contributed by atoms with Crippen molar-refractivity contribution in [1.82, 2.24) is 10.2 Å². The number of likely N-dealkylation sites (N-methyl/N-ethyl adjacent to an activating group) is 1. The van der Waals surface area contributed by atoms with Crippen molar-refractivity contribution in [2.75, 3.05) is 27.2 Å². The Balaban J connectivity index is 1.27. The SMILES string of the molecule is COc1ccc2c3c1O[C@H]1C(OC(=O)[C@@H](C)OC(=O)CCNC(=O)C[C@H](O)C(=O)O)=CC[C@@]4(O)[C@@H](C2)N(C)CC[C@]314. The molecule has 1 aromatic carbocycles. The molecule has 5 rings (SSSR count). The maximum atomic E-state index is 13.0. The summed E-state index contributed by atoms with van der Waals surface area (Å²) in [6.07, 6.45) is -1.73. The summed E-state index contributed by atoms with van der Waals surface area (Å²) < 4.78 is 22.9. The maximum absolute atomic E-state index is 13.0. The number of carbonyl (C=O) groups is 4. The fourth-order valence-electron chi connectivity index (χ4n) is 6.73. The Hall–Kier alpha value is -3.68. The Kier molecular flexibility index (Phi) is 7.47. The number of hydrogen-bond acceptors (Lipinski definition) is 11. The Morgan fingerprint density at radius 2 is 2.02 bits per heavy atom. The van der Waals surface area contributed by atoms with Crippen LogP contribution >= 0.6 is 0 Å². The number of likely N-dealkylation sites (tertiary alicyclic amines) is 1. The highest BCUT2D eigenvalue weighted by Gasteiger charge is 2.72. The monoisotopic (exact) mass is 574 g/mol. The minimum absolute atomic E-state index is 0.157. The summed E-state index contributed by atoms with van der Waals surface area (Å²) in [6, 6.07) is 3.69. The lowest BCUT2D eigenvalue weighted by molar-refractivity contribution is -0.175. The minimum atomic E-state index is -1.85. The average Bonchev–Trinajstić information content (AvgIpc) is 3.27. The van der Waals surface area contributed by atoms with Gasteiger partial charge in [-0.3, -0.25) is 9.59 Å². The molecule has 13 nitrogen and oxygen atoms in total. The molecule has 2 aliphatic carbocycles. The summed E-state index contributed by atoms with van der Waals surface area (Å²) in [5, 5.41) is 32.4. The molecular weight excluding hydrogens is 540 g/mol. The molecule has 2 aliphatic heterocycles. The first-order valence-electron chi connectivity index (χ1n) is 13.5. The molecule has 0 unspecified atom stereocenters. The van der Waals surface area contributed by atoms with Gasteiger partial charge in [0.2, 0.25) is 5.91 Å². The number of esters is 2. The van der Waals surface area contributed by atoms with Crippen molar-refractivity contribution in [1.29, 1.82) is 0 Å². The van der Waals surface area contributed by atoms with E-state index < -0.39 is 59.6 Å². The number of methoxy groups -OCH3 is 1. The Labute approximate surface area is 236 Å². The molecule has 2 heterocycles. The number of ether oxygens (including phenoxy) is 4. The van der Waals surface area contributed by atoms with Crippen molar-refractivity contribution in [3.63, 3.8) is 0 Å². The number of nitrogens with one attached hydrogen (secondary N) is 1. The van der Waals surface area contributed by atoms with Gasteiger partial charge in [0.15, 0.2) is 29.8 Å². The highest BCUT2D eigenvalue weighted by Crippen LogP contribution is 2.65. The lowest BCUT2D eigenvalue weighted by atomic mass is 9.50. The van der Waals surface area contributed by atoms with Crippen molar-refractivity contribution < 1.29 is 53.4 Å². The predicted octanol–water partition coefficient (Wildman–Crippen LogP) is -0.210. The van der Waals surface area contributed by atoms with Gasteiger partial charge in [-0.1, -0.05) is 6.07 Å². The standard InChI is InChI=1S/C28H34N2O11/c1-14(39-21(33)7-10-29-20(32)13-16(31)25(34)35)26(36)40-18-6-8-28(37)19-12-15-4-5-17(38-3)23-22(15)27(28,24(18)41-23)9-11-30(19)2/h4-6,14,16,19,24,31,37H,7-13H2,1-3H3,(H,29,32)(H,34,35)/t14-,16+,19-,24+,27+,28-/m1/s1. The third-order valence-electron chi connectivity index (χ3n) is 8.73. The molecule has 2 bridgehead atoms. The summed E-state index contributed by atoms with van der Waals surface area (Å²) in [5.41, 5.74) is -0.0521. The number of piperidine rings is 1. The molecule has 4 aliphatic rings. The smallest absolute Gasteiger partial charge is 0.352 e. The van der Waals surface area contributed by atoms with E-state index in [1.165, 1.54) is 6.92 Å². The maximum Gasteiger partial charge on any atom is 0.352 e. The fraction of sp³-hybridized carbons (Fsp3) is 0.571. The number of carboxylic acid groups (broad SMARTS) is 1. The molecule has 13 heteroatoms. The van der Waals surface area contributed by atoms with Crippen molar-refractivity contribution in [3.8, 4) is 11.5 Å². The predicted molar refractivity (Wildman–Crippen MR) is 139 cm³/mol. The first kappa shape index (κ1) is 28.8. The third-order valence-corrected chi connectivity index (χ3v) is 8.73. The molecule has 222 valence electrons. The largest absolute Gasteiger partial charge is 0.493 e. The van der Waals surface area contributed by atoms with E-state index in [2.05, 4.69) is 10.2 Å². The van der Waals surface area contributed by atoms with Crippen LogP contribution < -0.4 is 14.8 Å². The van der Waals surface area contributed by atoms with Gasteiger partial charge in [0.1, 0.15) is 5.76 Å². The number of hydrogen-bond donors (Lipinski definition) is 4. The van der Waals surface area contributed by atoms with Crippen LogP contribution in [0.1, 0.15) is 43.7 Å². The van der Waals surface area contributed by atoms with Gasteiger partial charge < -0.3 is 44.5 Å². The Morgan fingerprint density at radius 1 is 1.27 bits per heavy atom. The second-order valence-corrected chi connectivity index (χ2v) is 11.0. The van der Waals surface area contributed by atoms with Crippen molar-refractivity contribution in [2.24, 2.45) is 0 Å². The van der Waals surface area contributed by atoms with E-state index in [1.54, 1.807) is 13.2 Å². The first-order valence-corrected chi connectivity index (χ1v) is 13.5. The van der Waals surface area contributed by atoms with Crippen LogP contribution in [0, 0.1) is 0 Å². The normalized spacial score (nSPS) is 28.8. The minimum Gasteiger partial charge on any atom is -0.493 e. The van der Waals surface area contributed by atoms with Gasteiger partial charge in [-0.15, -0.1) is 0 Å². The van der Waals surface area contributed by atoms with Crippen LogP contribution in [-0.4, -0.2) is 101 Å². The first-order chi connectivity index (χ1) is 19.4. The zero-order valence-electron chi connectivity index (χ0n) is 23.0. The van der Waals surface area contributed by atoms with Crippen LogP contribution in [0.2, 0.25) is 0 Å². The second-order valence-electron chi connectivity index (χ2n) is 11.0. The van der Waals surface area contributed by atoms with Crippen LogP contribution in [-0.2, 0) is 40.5 Å². The number of rotatable bonds is 10. The molecule has 0 aromatic heterocycles. The zero-order valence-corrected chi connectivity index (χ0v) is 23.0. The number of aliphatic hydroxyl groups excluding tert-OH is 1. The molecule has 41 heavy (non-hydrogen) atoms. The molecule has 4 N–H and O–H groups in total. The van der Waals surface area contributed by atoms with Gasteiger partial charge in [-0.25, -0.2) is 9.59 Å². The van der Waals surface area contributed by atoms with Crippen molar-refractivity contribution >= 4 is 23.8 Å². The number of carboxylic acids is 1. The number of benzene rings is 1. The molecule has 1 amide bonds. The highest BCUT2D eigenvalue weighted by atomic mass is 16.6. The van der Waals surface area contributed by atoms with Gasteiger partial charge in [0, 0.05) is 24.6 Å². The van der Waals surface area contributed by atoms with E-state index in [-0.39, 0.29) is 31.2 Å². The summed E-state index contributed by atoms with van der Waals surface area (Å²) in [5.74, 6) is -2.59. The lowest BCUT2D eigenvalue weighted by Crippen LogP contribution is -2.74. The number of amides is 1. The van der Waals surface area contributed by atoms with Crippen molar-refractivity contribution in [3.05, 3.63) is 35.1 Å². The van der Waals surface area contributed by atoms with Crippen LogP contribution in [0.3, 0.4) is 0 Å². The summed E-state index contributed by atoms with van der Waals surface area (Å²) in [6.45, 7) is 1.90. The van der Waals surface area contributed by atoms with Crippen LogP contribution in [0.5, 0.6) is 11.5 Å². The molecular formula is C28H34N2O11. The van der Waals surface area contributed by atoms with E-state index >= 15 is 0 Å². The van der Waals surface area contributed by atoms with E-state index in [0.717, 1.165) is 11.1 Å². The summed E-state index contributed by atoms with van der Waals surface area (Å²) in [4.78, 5) is 49.7. The molecule has 1 aromatic rings. The topological polar surface area (TPSA) is 181 Å². The molecule has 6 atom stereocenters. The van der Waals surface area contributed by atoms with Gasteiger partial charge in [-0.05, 0) is 51.1 Å². The number of carbonyl (C=O) groups excluding carboxylic acids is 3. The molecule has 1 saturated heterocycles. The van der Waals surface area contributed by atoms with Gasteiger partial charge in [0.05, 0.1) is 31.0 Å². The number of aliphatic hydroxyl groups is 2. The number of nitrogens with zero attached hydrogens (tertiary/aromatic N) is 1. The van der Waals surface area contributed by atoms with Crippen LogP contribution in [0.25, 0.3) is 0 Å². The summed E-state index contributed by atoms with van der Waals surface area (Å²) >= 11 is 0. The van der Waals surface area contributed by atoms with E-state index in [1.807, 2.05) is 19.2 Å². The highest BCUT2D eigenvalue weighted by molar-refractivity contribution is 5.84. The van der Waals surface area contributed by atoms with Crippen LogP contribution in [0.15, 0.2) is 24.0 Å². The van der Waals surface area contributed by atoms with Crippen LogP contribution in [0.4, 0.5) is 0 Å². The number of aliphatic carboxylic acids is 1. The molecule has 0 radical (unpaired) electrons. The molecule has 1 fully saturated rings. The molecule has 0 saturated carbocycles. The van der Waals surface area contributed by atoms with E-state index in [0.29, 0.717) is 30.9 Å². The fourth-order valence-corrected chi connectivity index (χ4v) is 6.73. The lowest BCUT2D eigenvalue weighted by Gasteiger charge is -2.61. The summed E-state index contributed by atoms with van der Waals surface area (Å²) in [7, 11) is 3.54. The van der Waals surface area contributed by atoms with E-state index in [9.17, 15) is 29.4 Å². The quantitative estimate of drug-likeness (QED) is 0.270. The second kappa shape index (κ2) is 10.6. The van der Waals surface area contributed by atoms with Crippen molar-refractivity contribution in [2.45, 2.75) is 74.4 Å². The van der Waals surface area contributed by atoms with E-state index in [4.69, 9.17) is 24.1 Å². The zero-order chi connectivity index (χ0) is 29.7. The Morgan fingerprint density at radius 3 is 2.73 bits per heavy atom. The third kappa shape index (κ3) is 4.61. The van der Waals surface area contributed by atoms with Gasteiger partial charge >= 0.3 is 17.9 Å². The van der Waals surface area contributed by atoms with Gasteiger partial charge in [-0.2, -0.15) is 0 Å². The molecule has 1 spiro atoms. The Bertz CT molecular complexity index is 1310. The van der Waals surface area contributed by atoms with Gasteiger partial charge in [0.25, 0.3) is 0 Å². The average molecular weight is 575 g/mol.